The lowest BCUT2D eigenvalue weighted by Gasteiger charge is -2.10. The fourth-order valence-corrected chi connectivity index (χ4v) is 1.71. The van der Waals surface area contributed by atoms with E-state index in [1.807, 2.05) is 30.3 Å². The van der Waals surface area contributed by atoms with Crippen LogP contribution in [0.2, 0.25) is 0 Å². The Morgan fingerprint density at radius 2 is 1.81 bits per heavy atom. The molecule has 1 aromatic carbocycles. The maximum atomic E-state index is 11.6. The summed E-state index contributed by atoms with van der Waals surface area (Å²) in [5.41, 5.74) is 1.44. The van der Waals surface area contributed by atoms with Gasteiger partial charge in [-0.3, -0.25) is 9.59 Å². The van der Waals surface area contributed by atoms with Gasteiger partial charge in [0.2, 0.25) is 0 Å². The van der Waals surface area contributed by atoms with Crippen LogP contribution in [0.15, 0.2) is 53.3 Å². The first kappa shape index (κ1) is 14.8. The van der Waals surface area contributed by atoms with E-state index in [0.717, 1.165) is 5.56 Å². The molecule has 6 nitrogen and oxygen atoms in total. The van der Waals surface area contributed by atoms with E-state index >= 15 is 0 Å². The summed E-state index contributed by atoms with van der Waals surface area (Å²) in [4.78, 5) is 23.2. The molecule has 0 spiro atoms. The molecule has 1 heterocycles. The molecule has 0 aliphatic carbocycles. The van der Waals surface area contributed by atoms with Gasteiger partial charge in [-0.1, -0.05) is 30.3 Å². The smallest absolute Gasteiger partial charge is 0.309 e. The van der Waals surface area contributed by atoms with E-state index in [9.17, 15) is 14.7 Å². The molecular weight excluding hydrogens is 272 g/mol. The van der Waals surface area contributed by atoms with Crippen molar-refractivity contribution in [1.29, 1.82) is 0 Å². The van der Waals surface area contributed by atoms with Gasteiger partial charge in [0.1, 0.15) is 0 Å². The van der Waals surface area contributed by atoms with Crippen molar-refractivity contribution >= 4 is 11.8 Å². The average Bonchev–Trinajstić information content (AvgIpc) is 3.05. The summed E-state index contributed by atoms with van der Waals surface area (Å²) in [7, 11) is 0. The van der Waals surface area contributed by atoms with Crippen LogP contribution in [0.3, 0.4) is 0 Å². The maximum absolute atomic E-state index is 11.6. The van der Waals surface area contributed by atoms with Gasteiger partial charge in [0.05, 0.1) is 18.6 Å². The Morgan fingerprint density at radius 3 is 2.48 bits per heavy atom. The number of hydrogen-bond acceptors (Lipinski definition) is 4. The van der Waals surface area contributed by atoms with Gasteiger partial charge in [0.25, 0.3) is 0 Å². The first-order valence-corrected chi connectivity index (χ1v) is 6.47. The molecule has 110 valence electrons. The fraction of sp³-hybridized carbons (Fsp3) is 0.200. The second kappa shape index (κ2) is 7.25. The molecule has 1 atom stereocenters. The standard InChI is InChI=1S/C15H16N2O4/c18-13(12-6-7-21-10-12)9-17-15(20)14(19)16-8-11-4-2-1-3-5-11/h1-7,10,13,18H,8-9H2,(H,16,19)(H,17,20)/t13-/m1/s1. The highest BCUT2D eigenvalue weighted by atomic mass is 16.3. The normalized spacial score (nSPS) is 11.7. The third kappa shape index (κ3) is 4.47. The summed E-state index contributed by atoms with van der Waals surface area (Å²) in [5, 5.41) is 14.6. The zero-order valence-electron chi connectivity index (χ0n) is 11.3. The van der Waals surface area contributed by atoms with Gasteiger partial charge in [-0.25, -0.2) is 0 Å². The van der Waals surface area contributed by atoms with E-state index in [0.29, 0.717) is 5.56 Å². The molecular formula is C15H16N2O4. The number of carbonyl (C=O) groups is 2. The summed E-state index contributed by atoms with van der Waals surface area (Å²) < 4.78 is 4.83. The van der Waals surface area contributed by atoms with Crippen LogP contribution in [0.25, 0.3) is 0 Å². The Labute approximate surface area is 121 Å². The number of amides is 2. The van der Waals surface area contributed by atoms with E-state index in [2.05, 4.69) is 10.6 Å². The van der Waals surface area contributed by atoms with Gasteiger partial charge in [0, 0.05) is 18.7 Å². The number of benzene rings is 1. The first-order chi connectivity index (χ1) is 10.2. The minimum Gasteiger partial charge on any atom is -0.472 e. The molecule has 2 amide bonds. The SMILES string of the molecule is O=C(NCc1ccccc1)C(=O)NC[C@@H](O)c1ccoc1. The Hall–Kier alpha value is -2.60. The lowest BCUT2D eigenvalue weighted by Crippen LogP contribution is -2.41. The molecule has 0 bridgehead atoms. The molecule has 1 aromatic heterocycles. The monoisotopic (exact) mass is 288 g/mol. The molecule has 3 N–H and O–H groups in total. The number of aliphatic hydroxyl groups excluding tert-OH is 1. The van der Waals surface area contributed by atoms with Crippen LogP contribution in [-0.2, 0) is 16.1 Å². The van der Waals surface area contributed by atoms with Crippen LogP contribution >= 0.6 is 0 Å². The zero-order valence-corrected chi connectivity index (χ0v) is 11.3. The molecule has 6 heteroatoms. The Kier molecular flexibility index (Phi) is 5.11. The topological polar surface area (TPSA) is 91.6 Å². The van der Waals surface area contributed by atoms with Crippen molar-refractivity contribution in [1.82, 2.24) is 10.6 Å². The minimum absolute atomic E-state index is 0.0584. The van der Waals surface area contributed by atoms with Crippen LogP contribution in [0, 0.1) is 0 Å². The van der Waals surface area contributed by atoms with E-state index in [1.165, 1.54) is 12.5 Å². The van der Waals surface area contributed by atoms with Crippen molar-refractivity contribution in [3.05, 3.63) is 60.1 Å². The highest BCUT2D eigenvalue weighted by Crippen LogP contribution is 2.11. The Bertz CT molecular complexity index is 581. The molecule has 0 radical (unpaired) electrons. The third-order valence-electron chi connectivity index (χ3n) is 2.89. The lowest BCUT2D eigenvalue weighted by atomic mass is 10.2. The van der Waals surface area contributed by atoms with Gasteiger partial charge in [0.15, 0.2) is 0 Å². The number of hydrogen-bond donors (Lipinski definition) is 3. The summed E-state index contributed by atoms with van der Waals surface area (Å²) in [6.07, 6.45) is 1.90. The molecule has 2 aromatic rings. The quantitative estimate of drug-likeness (QED) is 0.708. The highest BCUT2D eigenvalue weighted by Gasteiger charge is 2.15. The van der Waals surface area contributed by atoms with E-state index in [4.69, 9.17) is 4.42 Å². The van der Waals surface area contributed by atoms with Gasteiger partial charge < -0.3 is 20.2 Å². The summed E-state index contributed by atoms with van der Waals surface area (Å²) >= 11 is 0. The van der Waals surface area contributed by atoms with Crippen molar-refractivity contribution in [2.45, 2.75) is 12.6 Å². The molecule has 0 fully saturated rings. The predicted octanol–water partition coefficient (Wildman–Crippen LogP) is 0.746. The number of rotatable bonds is 5. The van der Waals surface area contributed by atoms with Gasteiger partial charge >= 0.3 is 11.8 Å². The van der Waals surface area contributed by atoms with Crippen molar-refractivity contribution in [2.24, 2.45) is 0 Å². The fourth-order valence-electron chi connectivity index (χ4n) is 1.71. The molecule has 0 aliphatic heterocycles. The molecule has 0 unspecified atom stereocenters. The van der Waals surface area contributed by atoms with E-state index in [1.54, 1.807) is 6.07 Å². The van der Waals surface area contributed by atoms with Crippen LogP contribution in [-0.4, -0.2) is 23.5 Å². The number of carbonyl (C=O) groups excluding carboxylic acids is 2. The summed E-state index contributed by atoms with van der Waals surface area (Å²) in [6, 6.07) is 10.9. The second-order valence-electron chi connectivity index (χ2n) is 4.45. The number of nitrogens with one attached hydrogen (secondary N) is 2. The zero-order chi connectivity index (χ0) is 15.1. The molecule has 2 rings (SSSR count). The van der Waals surface area contributed by atoms with Gasteiger partial charge in [-0.05, 0) is 11.6 Å². The van der Waals surface area contributed by atoms with Crippen molar-refractivity contribution in [3.8, 4) is 0 Å². The van der Waals surface area contributed by atoms with Crippen LogP contribution in [0.5, 0.6) is 0 Å². The van der Waals surface area contributed by atoms with Crippen molar-refractivity contribution < 1.29 is 19.1 Å². The van der Waals surface area contributed by atoms with Crippen LogP contribution < -0.4 is 10.6 Å². The third-order valence-corrected chi connectivity index (χ3v) is 2.89. The van der Waals surface area contributed by atoms with Gasteiger partial charge in [-0.15, -0.1) is 0 Å². The Morgan fingerprint density at radius 1 is 1.10 bits per heavy atom. The van der Waals surface area contributed by atoms with E-state index in [-0.39, 0.29) is 13.1 Å². The van der Waals surface area contributed by atoms with E-state index < -0.39 is 17.9 Å². The average molecular weight is 288 g/mol. The maximum Gasteiger partial charge on any atom is 0.309 e. The highest BCUT2D eigenvalue weighted by molar-refractivity contribution is 6.35. The molecule has 0 aliphatic rings. The van der Waals surface area contributed by atoms with Gasteiger partial charge in [-0.2, -0.15) is 0 Å². The van der Waals surface area contributed by atoms with Crippen molar-refractivity contribution in [3.63, 3.8) is 0 Å². The number of furan rings is 1. The minimum atomic E-state index is -0.908. The number of aliphatic hydroxyl groups is 1. The Balaban J connectivity index is 1.74. The molecule has 0 saturated heterocycles. The van der Waals surface area contributed by atoms with Crippen LogP contribution in [0.1, 0.15) is 17.2 Å². The second-order valence-corrected chi connectivity index (χ2v) is 4.45. The summed E-state index contributed by atoms with van der Waals surface area (Å²) in [6.45, 7) is 0.217. The molecule has 21 heavy (non-hydrogen) atoms. The lowest BCUT2D eigenvalue weighted by molar-refractivity contribution is -0.139. The van der Waals surface area contributed by atoms with Crippen LogP contribution in [0.4, 0.5) is 0 Å². The first-order valence-electron chi connectivity index (χ1n) is 6.47. The molecule has 0 saturated carbocycles. The van der Waals surface area contributed by atoms with Crippen molar-refractivity contribution in [2.75, 3.05) is 6.54 Å². The summed E-state index contributed by atoms with van der Waals surface area (Å²) in [5.74, 6) is -1.52. The largest absolute Gasteiger partial charge is 0.472 e. The predicted molar refractivity (Wildman–Crippen MR) is 75.0 cm³/mol.